The summed E-state index contributed by atoms with van der Waals surface area (Å²) in [6.07, 6.45) is 5.61. The Morgan fingerprint density at radius 1 is 1.39 bits per heavy atom. The van der Waals surface area contributed by atoms with E-state index in [9.17, 15) is 14.0 Å². The van der Waals surface area contributed by atoms with Crippen molar-refractivity contribution < 1.29 is 4.39 Å². The first-order valence-corrected chi connectivity index (χ1v) is 7.45. The third kappa shape index (κ3) is 2.36. The molecule has 4 nitrogen and oxygen atoms in total. The maximum atomic E-state index is 13.5. The van der Waals surface area contributed by atoms with Crippen LogP contribution in [-0.2, 0) is 0 Å². The first-order chi connectivity index (χ1) is 8.56. The Hall–Kier alpha value is -0.750. The van der Waals surface area contributed by atoms with E-state index in [2.05, 4.69) is 4.98 Å². The zero-order chi connectivity index (χ0) is 13.3. The molecule has 0 saturated heterocycles. The molecule has 0 aromatic carbocycles. The van der Waals surface area contributed by atoms with Crippen molar-refractivity contribution in [1.29, 1.82) is 0 Å². The minimum Gasteiger partial charge on any atom is -0.295 e. The summed E-state index contributed by atoms with van der Waals surface area (Å²) in [4.78, 5) is 25.8. The number of rotatable bonds is 2. The van der Waals surface area contributed by atoms with Gasteiger partial charge in [0, 0.05) is 5.25 Å². The molecule has 100 valence electrons. The Bertz CT molecular complexity index is 557. The Morgan fingerprint density at radius 2 is 2.06 bits per heavy atom. The smallest absolute Gasteiger partial charge is 0.295 e. The standard InChI is InChI=1S/C11H14ClFN2O2S/c1-18-7-5-3-2-4-6(7)15-10(16)8(13)9(12)14-11(15)17/h6-7H,2-5H2,1H3,(H,14,17). The first kappa shape index (κ1) is 13.7. The highest BCUT2D eigenvalue weighted by Crippen LogP contribution is 2.34. The van der Waals surface area contributed by atoms with Crippen LogP contribution in [-0.4, -0.2) is 21.1 Å². The molecule has 1 N–H and O–H groups in total. The summed E-state index contributed by atoms with van der Waals surface area (Å²) < 4.78 is 14.5. The van der Waals surface area contributed by atoms with Crippen LogP contribution in [0.2, 0.25) is 5.15 Å². The van der Waals surface area contributed by atoms with Gasteiger partial charge >= 0.3 is 5.69 Å². The molecule has 1 aliphatic carbocycles. The predicted octanol–water partition coefficient (Wildman–Crippen LogP) is 2.18. The number of nitrogens with one attached hydrogen (secondary N) is 1. The Balaban J connectivity index is 2.53. The van der Waals surface area contributed by atoms with E-state index in [1.165, 1.54) is 0 Å². The molecule has 1 aromatic rings. The summed E-state index contributed by atoms with van der Waals surface area (Å²) >= 11 is 7.06. The van der Waals surface area contributed by atoms with Gasteiger partial charge in [0.25, 0.3) is 5.56 Å². The van der Waals surface area contributed by atoms with Gasteiger partial charge < -0.3 is 0 Å². The summed E-state index contributed by atoms with van der Waals surface area (Å²) in [7, 11) is 0. The van der Waals surface area contributed by atoms with Crippen molar-refractivity contribution in [3.8, 4) is 0 Å². The molecule has 18 heavy (non-hydrogen) atoms. The van der Waals surface area contributed by atoms with E-state index in [1.54, 1.807) is 11.8 Å². The van der Waals surface area contributed by atoms with Crippen molar-refractivity contribution in [1.82, 2.24) is 9.55 Å². The zero-order valence-electron chi connectivity index (χ0n) is 9.91. The molecule has 0 aliphatic heterocycles. The SMILES string of the molecule is CSC1CCCCC1n1c(=O)[nH]c(Cl)c(F)c1=O. The van der Waals surface area contributed by atoms with E-state index >= 15 is 0 Å². The summed E-state index contributed by atoms with van der Waals surface area (Å²) in [6.45, 7) is 0. The number of thioether (sulfide) groups is 1. The second-order valence-corrected chi connectivity index (χ2v) is 5.81. The van der Waals surface area contributed by atoms with Crippen LogP contribution in [0.5, 0.6) is 0 Å². The number of halogens is 2. The molecule has 1 aromatic heterocycles. The van der Waals surface area contributed by atoms with Crippen LogP contribution in [0, 0.1) is 5.82 Å². The van der Waals surface area contributed by atoms with Gasteiger partial charge in [0.15, 0.2) is 5.15 Å². The first-order valence-electron chi connectivity index (χ1n) is 5.79. The lowest BCUT2D eigenvalue weighted by molar-refractivity contribution is 0.340. The van der Waals surface area contributed by atoms with Crippen LogP contribution >= 0.6 is 23.4 Å². The average molecular weight is 293 g/mol. The number of H-pyrrole nitrogens is 1. The Labute approximate surface area is 113 Å². The van der Waals surface area contributed by atoms with Crippen molar-refractivity contribution in [3.63, 3.8) is 0 Å². The molecule has 2 atom stereocenters. The predicted molar refractivity (Wildman–Crippen MR) is 71.1 cm³/mol. The third-order valence-corrected chi connectivity index (χ3v) is 4.75. The van der Waals surface area contributed by atoms with E-state index in [1.807, 2.05) is 6.26 Å². The van der Waals surface area contributed by atoms with Crippen LogP contribution in [0.25, 0.3) is 0 Å². The largest absolute Gasteiger partial charge is 0.329 e. The van der Waals surface area contributed by atoms with Gasteiger partial charge in [0.05, 0.1) is 6.04 Å². The van der Waals surface area contributed by atoms with Crippen LogP contribution < -0.4 is 11.2 Å². The van der Waals surface area contributed by atoms with E-state index in [0.717, 1.165) is 30.3 Å². The van der Waals surface area contributed by atoms with Gasteiger partial charge in [-0.05, 0) is 19.1 Å². The molecule has 0 spiro atoms. The summed E-state index contributed by atoms with van der Waals surface area (Å²) in [5, 5.41) is -0.351. The van der Waals surface area contributed by atoms with Crippen molar-refractivity contribution in [2.75, 3.05) is 6.26 Å². The Morgan fingerprint density at radius 3 is 2.72 bits per heavy atom. The van der Waals surface area contributed by atoms with Crippen molar-refractivity contribution in [2.45, 2.75) is 37.0 Å². The van der Waals surface area contributed by atoms with Gasteiger partial charge in [-0.2, -0.15) is 16.2 Å². The van der Waals surface area contributed by atoms with Gasteiger partial charge in [0.2, 0.25) is 5.82 Å². The van der Waals surface area contributed by atoms with Crippen molar-refractivity contribution in [2.24, 2.45) is 0 Å². The number of nitrogens with zero attached hydrogens (tertiary/aromatic N) is 1. The second-order valence-electron chi connectivity index (χ2n) is 4.36. The molecule has 7 heteroatoms. The van der Waals surface area contributed by atoms with Crippen molar-refractivity contribution >= 4 is 23.4 Å². The topological polar surface area (TPSA) is 54.9 Å². The Kier molecular flexibility index (Phi) is 4.17. The molecule has 1 saturated carbocycles. The third-order valence-electron chi connectivity index (χ3n) is 3.34. The lowest BCUT2D eigenvalue weighted by atomic mass is 9.94. The highest BCUT2D eigenvalue weighted by atomic mass is 35.5. The van der Waals surface area contributed by atoms with E-state index in [-0.39, 0.29) is 11.3 Å². The number of aromatic amines is 1. The quantitative estimate of drug-likeness (QED) is 0.850. The molecular formula is C11H14ClFN2O2S. The molecular weight excluding hydrogens is 279 g/mol. The molecule has 1 heterocycles. The lowest BCUT2D eigenvalue weighted by Gasteiger charge is -2.30. The highest BCUT2D eigenvalue weighted by Gasteiger charge is 2.29. The maximum Gasteiger partial charge on any atom is 0.329 e. The van der Waals surface area contributed by atoms with Crippen LogP contribution in [0.4, 0.5) is 4.39 Å². The zero-order valence-corrected chi connectivity index (χ0v) is 11.5. The molecule has 0 bridgehead atoms. The van der Waals surface area contributed by atoms with Gasteiger partial charge in [-0.15, -0.1) is 0 Å². The molecule has 2 rings (SSSR count). The summed E-state index contributed by atoms with van der Waals surface area (Å²) in [6, 6.07) is -0.253. The summed E-state index contributed by atoms with van der Waals surface area (Å²) in [5.41, 5.74) is -1.55. The average Bonchev–Trinajstić information content (AvgIpc) is 2.37. The minimum absolute atomic E-state index is 0.165. The van der Waals surface area contributed by atoms with Crippen LogP contribution in [0.1, 0.15) is 31.7 Å². The highest BCUT2D eigenvalue weighted by molar-refractivity contribution is 7.99. The molecule has 2 unspecified atom stereocenters. The number of aromatic nitrogens is 2. The van der Waals surface area contributed by atoms with Crippen LogP contribution in [0.15, 0.2) is 9.59 Å². The van der Waals surface area contributed by atoms with Gasteiger partial charge in [-0.25, -0.2) is 4.79 Å². The number of hydrogen-bond acceptors (Lipinski definition) is 3. The summed E-state index contributed by atoms with van der Waals surface area (Å²) in [5.74, 6) is -1.08. The number of hydrogen-bond donors (Lipinski definition) is 1. The fourth-order valence-corrected chi connectivity index (χ4v) is 3.59. The van der Waals surface area contributed by atoms with Crippen molar-refractivity contribution in [3.05, 3.63) is 31.8 Å². The fourth-order valence-electron chi connectivity index (χ4n) is 2.45. The van der Waals surface area contributed by atoms with Gasteiger partial charge in [-0.1, -0.05) is 24.4 Å². The van der Waals surface area contributed by atoms with Gasteiger partial charge in [0.1, 0.15) is 0 Å². The van der Waals surface area contributed by atoms with E-state index in [4.69, 9.17) is 11.6 Å². The molecule has 0 radical (unpaired) electrons. The molecule has 1 fully saturated rings. The minimum atomic E-state index is -1.08. The maximum absolute atomic E-state index is 13.5. The fraction of sp³-hybridized carbons (Fsp3) is 0.636. The normalized spacial score (nSPS) is 24.2. The second kappa shape index (κ2) is 5.48. The van der Waals surface area contributed by atoms with Gasteiger partial charge in [-0.3, -0.25) is 14.3 Å². The van der Waals surface area contributed by atoms with E-state index in [0.29, 0.717) is 0 Å². The lowest BCUT2D eigenvalue weighted by Crippen LogP contribution is -2.44. The van der Waals surface area contributed by atoms with E-state index < -0.39 is 22.2 Å². The molecule has 0 amide bonds. The monoisotopic (exact) mass is 292 g/mol. The van der Waals surface area contributed by atoms with Crippen LogP contribution in [0.3, 0.4) is 0 Å². The molecule has 1 aliphatic rings.